The van der Waals surface area contributed by atoms with Crippen molar-refractivity contribution < 1.29 is 14.3 Å². The third-order valence-corrected chi connectivity index (χ3v) is 4.86. The molecule has 1 fully saturated rings. The molecule has 1 heterocycles. The largest absolute Gasteiger partial charge is 0.481 e. The molecule has 1 N–H and O–H groups in total. The van der Waals surface area contributed by atoms with Crippen molar-refractivity contribution in [3.63, 3.8) is 0 Å². The third-order valence-electron chi connectivity index (χ3n) is 3.13. The van der Waals surface area contributed by atoms with Crippen molar-refractivity contribution in [1.29, 1.82) is 0 Å². The topological polar surface area (TPSA) is 40.5 Å². The molecule has 1 unspecified atom stereocenters. The van der Waals surface area contributed by atoms with Crippen LogP contribution in [-0.4, -0.2) is 40.1 Å². The van der Waals surface area contributed by atoms with Gasteiger partial charge in [0.2, 0.25) is 0 Å². The van der Waals surface area contributed by atoms with Crippen LogP contribution in [0.25, 0.3) is 0 Å². The molecule has 0 radical (unpaired) electrons. The van der Waals surface area contributed by atoms with Crippen LogP contribution in [0.4, 0.5) is 4.39 Å². The number of halogens is 2. The predicted octanol–water partition coefficient (Wildman–Crippen LogP) is 2.98. The molecule has 1 saturated heterocycles. The molecule has 0 bridgehead atoms. The summed E-state index contributed by atoms with van der Waals surface area (Å²) in [5.74, 6) is 0.763. The van der Waals surface area contributed by atoms with Gasteiger partial charge in [-0.1, -0.05) is 6.07 Å². The van der Waals surface area contributed by atoms with E-state index in [-0.39, 0.29) is 18.3 Å². The number of aliphatic carboxylic acids is 1. The van der Waals surface area contributed by atoms with E-state index in [0.717, 1.165) is 23.6 Å². The van der Waals surface area contributed by atoms with Gasteiger partial charge < -0.3 is 5.11 Å². The molecule has 0 saturated carbocycles. The summed E-state index contributed by atoms with van der Waals surface area (Å²) in [7, 11) is 0. The summed E-state index contributed by atoms with van der Waals surface area (Å²) in [6.07, 6.45) is 0.145. The van der Waals surface area contributed by atoms with Gasteiger partial charge in [-0.3, -0.25) is 9.69 Å². The van der Waals surface area contributed by atoms with E-state index in [0.29, 0.717) is 11.0 Å². The van der Waals surface area contributed by atoms with Crippen LogP contribution in [0.3, 0.4) is 0 Å². The summed E-state index contributed by atoms with van der Waals surface area (Å²) in [6.45, 7) is 1.45. The van der Waals surface area contributed by atoms with Crippen LogP contribution in [0.1, 0.15) is 12.0 Å². The van der Waals surface area contributed by atoms with Gasteiger partial charge in [0.1, 0.15) is 5.82 Å². The fourth-order valence-electron chi connectivity index (χ4n) is 2.16. The van der Waals surface area contributed by atoms with Crippen molar-refractivity contribution in [3.8, 4) is 0 Å². The third kappa shape index (κ3) is 4.19. The van der Waals surface area contributed by atoms with Gasteiger partial charge >= 0.3 is 5.97 Å². The zero-order valence-electron chi connectivity index (χ0n) is 10.3. The fourth-order valence-corrected chi connectivity index (χ4v) is 3.54. The molecule has 0 spiro atoms. The Labute approximate surface area is 124 Å². The van der Waals surface area contributed by atoms with Crippen LogP contribution < -0.4 is 0 Å². The molecule has 1 aromatic carbocycles. The fraction of sp³-hybridized carbons (Fsp3) is 0.462. The molecule has 1 aliphatic rings. The monoisotopic (exact) mass is 347 g/mol. The number of carboxylic acid groups (broad SMARTS) is 1. The molecular weight excluding hydrogens is 333 g/mol. The van der Waals surface area contributed by atoms with Gasteiger partial charge in [-0.25, -0.2) is 4.39 Å². The van der Waals surface area contributed by atoms with E-state index in [1.54, 1.807) is 17.8 Å². The van der Waals surface area contributed by atoms with Crippen molar-refractivity contribution in [3.05, 3.63) is 34.1 Å². The van der Waals surface area contributed by atoms with Gasteiger partial charge in [-0.15, -0.1) is 0 Å². The Morgan fingerprint density at radius 1 is 1.58 bits per heavy atom. The summed E-state index contributed by atoms with van der Waals surface area (Å²) < 4.78 is 13.9. The summed E-state index contributed by atoms with van der Waals surface area (Å²) in [5, 5.41) is 8.93. The van der Waals surface area contributed by atoms with Crippen LogP contribution in [0.5, 0.6) is 0 Å². The maximum atomic E-state index is 13.5. The second kappa shape index (κ2) is 6.72. The lowest BCUT2D eigenvalue weighted by Gasteiger charge is -2.34. The van der Waals surface area contributed by atoms with Crippen LogP contribution in [0.15, 0.2) is 22.7 Å². The molecule has 6 heteroatoms. The highest BCUT2D eigenvalue weighted by molar-refractivity contribution is 9.10. The number of thioether (sulfide) groups is 1. The van der Waals surface area contributed by atoms with Crippen LogP contribution >= 0.6 is 27.7 Å². The standard InChI is InChI=1S/C13H15BrFNO2S/c14-11-2-1-9(5-12(11)15)7-16-3-4-19-8-10(16)6-13(17)18/h1-2,5,10H,3-4,6-8H2,(H,17,18). The molecule has 1 aromatic rings. The van der Waals surface area contributed by atoms with Crippen molar-refractivity contribution in [2.45, 2.75) is 19.0 Å². The Morgan fingerprint density at radius 3 is 3.05 bits per heavy atom. The number of carbonyl (C=O) groups is 1. The lowest BCUT2D eigenvalue weighted by molar-refractivity contribution is -0.138. The second-order valence-electron chi connectivity index (χ2n) is 4.55. The van der Waals surface area contributed by atoms with Crippen LogP contribution in [0, 0.1) is 5.82 Å². The van der Waals surface area contributed by atoms with E-state index in [1.165, 1.54) is 6.07 Å². The van der Waals surface area contributed by atoms with Crippen molar-refractivity contribution >= 4 is 33.7 Å². The summed E-state index contributed by atoms with van der Waals surface area (Å²) in [6, 6.07) is 5.09. The van der Waals surface area contributed by atoms with E-state index in [2.05, 4.69) is 20.8 Å². The summed E-state index contributed by atoms with van der Waals surface area (Å²) in [5.41, 5.74) is 0.878. The smallest absolute Gasteiger partial charge is 0.304 e. The number of nitrogens with zero attached hydrogens (tertiary/aromatic N) is 1. The Bertz CT molecular complexity index is 472. The molecule has 0 aliphatic carbocycles. The Hall–Kier alpha value is -0.590. The van der Waals surface area contributed by atoms with E-state index in [9.17, 15) is 9.18 Å². The average molecular weight is 348 g/mol. The summed E-state index contributed by atoms with van der Waals surface area (Å²) in [4.78, 5) is 13.0. The first-order chi connectivity index (χ1) is 9.06. The summed E-state index contributed by atoms with van der Waals surface area (Å²) >= 11 is 4.91. The maximum Gasteiger partial charge on any atom is 0.304 e. The first-order valence-electron chi connectivity index (χ1n) is 6.04. The Balaban J connectivity index is 2.06. The van der Waals surface area contributed by atoms with Gasteiger partial charge in [0.25, 0.3) is 0 Å². The van der Waals surface area contributed by atoms with Gasteiger partial charge in [-0.2, -0.15) is 11.8 Å². The molecule has 0 amide bonds. The first-order valence-corrected chi connectivity index (χ1v) is 7.98. The van der Waals surface area contributed by atoms with E-state index < -0.39 is 5.97 Å². The predicted molar refractivity (Wildman–Crippen MR) is 77.9 cm³/mol. The number of rotatable bonds is 4. The minimum Gasteiger partial charge on any atom is -0.481 e. The van der Waals surface area contributed by atoms with Crippen molar-refractivity contribution in [1.82, 2.24) is 4.90 Å². The Morgan fingerprint density at radius 2 is 2.37 bits per heavy atom. The normalized spacial score (nSPS) is 20.4. The van der Waals surface area contributed by atoms with E-state index in [4.69, 9.17) is 5.11 Å². The molecule has 1 aliphatic heterocycles. The zero-order chi connectivity index (χ0) is 13.8. The minimum atomic E-state index is -0.778. The highest BCUT2D eigenvalue weighted by atomic mass is 79.9. The van der Waals surface area contributed by atoms with Crippen LogP contribution in [0.2, 0.25) is 0 Å². The average Bonchev–Trinajstić information content (AvgIpc) is 2.36. The second-order valence-corrected chi connectivity index (χ2v) is 6.55. The number of carboxylic acids is 1. The molecule has 19 heavy (non-hydrogen) atoms. The van der Waals surface area contributed by atoms with Gasteiger partial charge in [0.05, 0.1) is 10.9 Å². The van der Waals surface area contributed by atoms with Gasteiger partial charge in [0.15, 0.2) is 0 Å². The van der Waals surface area contributed by atoms with Gasteiger partial charge in [-0.05, 0) is 33.6 Å². The highest BCUT2D eigenvalue weighted by Gasteiger charge is 2.25. The molecule has 1 atom stereocenters. The lowest BCUT2D eigenvalue weighted by atomic mass is 10.1. The lowest BCUT2D eigenvalue weighted by Crippen LogP contribution is -2.42. The first kappa shape index (κ1) is 14.8. The molecule has 0 aromatic heterocycles. The van der Waals surface area contributed by atoms with Crippen LogP contribution in [-0.2, 0) is 11.3 Å². The van der Waals surface area contributed by atoms with E-state index in [1.807, 2.05) is 6.07 Å². The number of hydrogen-bond donors (Lipinski definition) is 1. The van der Waals surface area contributed by atoms with Crippen molar-refractivity contribution in [2.75, 3.05) is 18.1 Å². The highest BCUT2D eigenvalue weighted by Crippen LogP contribution is 2.23. The van der Waals surface area contributed by atoms with E-state index >= 15 is 0 Å². The molecule has 3 nitrogen and oxygen atoms in total. The Kier molecular flexibility index (Phi) is 5.24. The quantitative estimate of drug-likeness (QED) is 0.908. The maximum absolute atomic E-state index is 13.5. The molecule has 2 rings (SSSR count). The number of benzene rings is 1. The van der Waals surface area contributed by atoms with Gasteiger partial charge in [0, 0.05) is 30.6 Å². The SMILES string of the molecule is O=C(O)CC1CSCCN1Cc1ccc(Br)c(F)c1. The van der Waals surface area contributed by atoms with Crippen molar-refractivity contribution in [2.24, 2.45) is 0 Å². The molecule has 104 valence electrons. The number of hydrogen-bond acceptors (Lipinski definition) is 3. The minimum absolute atomic E-state index is 0.0305. The zero-order valence-corrected chi connectivity index (χ0v) is 12.7. The molecular formula is C13H15BrFNO2S.